The van der Waals surface area contributed by atoms with E-state index in [1.165, 1.54) is 10.8 Å². The van der Waals surface area contributed by atoms with Crippen molar-refractivity contribution in [3.05, 3.63) is 48.0 Å². The van der Waals surface area contributed by atoms with E-state index in [0.29, 0.717) is 13.1 Å². The zero-order valence-corrected chi connectivity index (χ0v) is 16.0. The van der Waals surface area contributed by atoms with Crippen LogP contribution in [0, 0.1) is 0 Å². The molecule has 3 rings (SSSR count). The molecule has 0 unspecified atom stereocenters. The zero-order chi connectivity index (χ0) is 18.7. The van der Waals surface area contributed by atoms with Crippen LogP contribution in [0.1, 0.15) is 5.56 Å². The number of nitrogens with zero attached hydrogens (tertiary/aromatic N) is 1. The molecular weight excluding hydrogens is 338 g/mol. The van der Waals surface area contributed by atoms with Crippen molar-refractivity contribution in [1.82, 2.24) is 26.2 Å². The predicted octanol–water partition coefficient (Wildman–Crippen LogP) is 0.540. The van der Waals surface area contributed by atoms with Gasteiger partial charge in [0.2, 0.25) is 5.91 Å². The van der Waals surface area contributed by atoms with Gasteiger partial charge in [0.05, 0.1) is 6.54 Å². The van der Waals surface area contributed by atoms with E-state index in [2.05, 4.69) is 56.5 Å². The molecule has 1 aliphatic heterocycles. The van der Waals surface area contributed by atoms with Crippen LogP contribution >= 0.6 is 0 Å². The fourth-order valence-electron chi connectivity index (χ4n) is 3.28. The van der Waals surface area contributed by atoms with Crippen LogP contribution in [-0.4, -0.2) is 69.7 Å². The molecule has 1 aliphatic rings. The number of benzene rings is 2. The van der Waals surface area contributed by atoms with Crippen molar-refractivity contribution >= 4 is 16.7 Å². The summed E-state index contributed by atoms with van der Waals surface area (Å²) in [6.45, 7) is 8.45. The summed E-state index contributed by atoms with van der Waals surface area (Å²) in [5.74, 6) is 0.0805. The van der Waals surface area contributed by atoms with Gasteiger partial charge in [0.25, 0.3) is 0 Å². The number of rotatable bonds is 4. The third kappa shape index (κ3) is 6.92. The minimum absolute atomic E-state index is 0.0805. The van der Waals surface area contributed by atoms with Gasteiger partial charge in [-0.15, -0.1) is 0 Å². The van der Waals surface area contributed by atoms with Crippen LogP contribution in [0.2, 0.25) is 0 Å². The lowest BCUT2D eigenvalue weighted by Crippen LogP contribution is -2.45. The quantitative estimate of drug-likeness (QED) is 0.634. The van der Waals surface area contributed by atoms with E-state index < -0.39 is 0 Å². The first-order chi connectivity index (χ1) is 13.3. The van der Waals surface area contributed by atoms with Crippen molar-refractivity contribution in [2.75, 3.05) is 58.9 Å². The Kier molecular flexibility index (Phi) is 8.04. The summed E-state index contributed by atoms with van der Waals surface area (Å²) in [6, 6.07) is 14.6. The summed E-state index contributed by atoms with van der Waals surface area (Å²) in [5, 5.41) is 15.7. The third-order valence-corrected chi connectivity index (χ3v) is 4.84. The highest BCUT2D eigenvalue weighted by Gasteiger charge is 2.11. The van der Waals surface area contributed by atoms with Gasteiger partial charge in [0.15, 0.2) is 0 Å². The van der Waals surface area contributed by atoms with Gasteiger partial charge in [-0.2, -0.15) is 0 Å². The monoisotopic (exact) mass is 369 g/mol. The van der Waals surface area contributed by atoms with Gasteiger partial charge >= 0.3 is 0 Å². The number of fused-ring (bicyclic) bond motifs is 1. The van der Waals surface area contributed by atoms with Gasteiger partial charge in [-0.05, 0) is 22.4 Å². The molecule has 6 nitrogen and oxygen atoms in total. The van der Waals surface area contributed by atoms with Crippen molar-refractivity contribution in [2.24, 2.45) is 0 Å². The predicted molar refractivity (Wildman–Crippen MR) is 111 cm³/mol. The minimum atomic E-state index is 0.0805. The molecule has 0 bridgehead atoms. The Hall–Kier alpha value is -1.99. The Balaban J connectivity index is 1.46. The van der Waals surface area contributed by atoms with Crippen LogP contribution in [0.3, 0.4) is 0 Å². The average Bonchev–Trinajstić information content (AvgIpc) is 2.68. The lowest BCUT2D eigenvalue weighted by atomic mass is 10.1. The van der Waals surface area contributed by atoms with E-state index in [0.717, 1.165) is 57.9 Å². The molecule has 27 heavy (non-hydrogen) atoms. The van der Waals surface area contributed by atoms with Crippen LogP contribution in [-0.2, 0) is 11.3 Å². The maximum atomic E-state index is 12.4. The molecular formula is C21H31N5O. The Morgan fingerprint density at radius 3 is 2.19 bits per heavy atom. The number of amides is 1. The van der Waals surface area contributed by atoms with Crippen LogP contribution in [0.25, 0.3) is 10.8 Å². The van der Waals surface area contributed by atoms with Gasteiger partial charge in [0, 0.05) is 58.9 Å². The molecule has 2 aromatic rings. The standard InChI is InChI=1S/C21H31N5O/c27-21(17-26-13-11-23-9-7-22-8-10-24-12-14-26)25-16-18-5-6-19-3-1-2-4-20(19)15-18/h1-6,15,22-24H,7-14,16-17H2,(H,25,27). The van der Waals surface area contributed by atoms with E-state index in [4.69, 9.17) is 0 Å². The summed E-state index contributed by atoms with van der Waals surface area (Å²) in [7, 11) is 0. The fourth-order valence-corrected chi connectivity index (χ4v) is 3.28. The normalized spacial score (nSPS) is 17.8. The lowest BCUT2D eigenvalue weighted by molar-refractivity contribution is -0.122. The molecule has 0 atom stereocenters. The van der Waals surface area contributed by atoms with Gasteiger partial charge in [-0.1, -0.05) is 36.4 Å². The van der Waals surface area contributed by atoms with Crippen molar-refractivity contribution in [3.8, 4) is 0 Å². The molecule has 146 valence electrons. The van der Waals surface area contributed by atoms with E-state index in [1.807, 2.05) is 12.1 Å². The average molecular weight is 370 g/mol. The van der Waals surface area contributed by atoms with Crippen molar-refractivity contribution in [2.45, 2.75) is 6.54 Å². The second-order valence-corrected chi connectivity index (χ2v) is 6.98. The largest absolute Gasteiger partial charge is 0.351 e. The molecule has 0 spiro atoms. The Bertz CT molecular complexity index is 709. The molecule has 0 aromatic heterocycles. The van der Waals surface area contributed by atoms with E-state index >= 15 is 0 Å². The highest BCUT2D eigenvalue weighted by molar-refractivity contribution is 5.83. The maximum absolute atomic E-state index is 12.4. The molecule has 2 aromatic carbocycles. The van der Waals surface area contributed by atoms with Crippen LogP contribution < -0.4 is 21.3 Å². The first-order valence-electron chi connectivity index (χ1n) is 9.90. The van der Waals surface area contributed by atoms with Crippen LogP contribution in [0.15, 0.2) is 42.5 Å². The SMILES string of the molecule is O=C(CN1CCNCCNCCNCC1)NCc1ccc2ccccc2c1. The highest BCUT2D eigenvalue weighted by Crippen LogP contribution is 2.15. The van der Waals surface area contributed by atoms with Gasteiger partial charge < -0.3 is 21.3 Å². The van der Waals surface area contributed by atoms with E-state index in [1.54, 1.807) is 0 Å². The molecule has 1 fully saturated rings. The van der Waals surface area contributed by atoms with Crippen molar-refractivity contribution in [1.29, 1.82) is 0 Å². The van der Waals surface area contributed by atoms with Crippen molar-refractivity contribution < 1.29 is 4.79 Å². The molecule has 4 N–H and O–H groups in total. The molecule has 1 amide bonds. The molecule has 1 saturated heterocycles. The summed E-state index contributed by atoms with van der Waals surface area (Å²) in [5.41, 5.74) is 1.13. The van der Waals surface area contributed by atoms with Crippen LogP contribution in [0.4, 0.5) is 0 Å². The molecule has 0 radical (unpaired) electrons. The number of hydrogen-bond donors (Lipinski definition) is 4. The number of hydrogen-bond acceptors (Lipinski definition) is 5. The third-order valence-electron chi connectivity index (χ3n) is 4.84. The van der Waals surface area contributed by atoms with E-state index in [9.17, 15) is 4.79 Å². The lowest BCUT2D eigenvalue weighted by Gasteiger charge is -2.23. The maximum Gasteiger partial charge on any atom is 0.234 e. The van der Waals surface area contributed by atoms with Gasteiger partial charge in [-0.25, -0.2) is 0 Å². The smallest absolute Gasteiger partial charge is 0.234 e. The fraction of sp³-hybridized carbons (Fsp3) is 0.476. The summed E-state index contributed by atoms with van der Waals surface area (Å²) in [6.07, 6.45) is 0. The highest BCUT2D eigenvalue weighted by atomic mass is 16.2. The Morgan fingerprint density at radius 1 is 0.852 bits per heavy atom. The first-order valence-corrected chi connectivity index (χ1v) is 9.90. The van der Waals surface area contributed by atoms with Crippen molar-refractivity contribution in [3.63, 3.8) is 0 Å². The summed E-state index contributed by atoms with van der Waals surface area (Å²) < 4.78 is 0. The van der Waals surface area contributed by atoms with E-state index in [-0.39, 0.29) is 5.91 Å². The number of carbonyl (C=O) groups excluding carboxylic acids is 1. The second kappa shape index (κ2) is 11.0. The molecule has 0 aliphatic carbocycles. The first kappa shape index (κ1) is 19.8. The second-order valence-electron chi connectivity index (χ2n) is 6.98. The molecule has 6 heteroatoms. The van der Waals surface area contributed by atoms with Gasteiger partial charge in [0.1, 0.15) is 0 Å². The molecule has 0 saturated carbocycles. The molecule has 1 heterocycles. The van der Waals surface area contributed by atoms with Crippen LogP contribution in [0.5, 0.6) is 0 Å². The summed E-state index contributed by atoms with van der Waals surface area (Å²) in [4.78, 5) is 14.6. The number of carbonyl (C=O) groups is 1. The number of nitrogens with one attached hydrogen (secondary N) is 4. The zero-order valence-electron chi connectivity index (χ0n) is 16.0. The van der Waals surface area contributed by atoms with Gasteiger partial charge in [-0.3, -0.25) is 9.69 Å². The Morgan fingerprint density at radius 2 is 1.48 bits per heavy atom. The summed E-state index contributed by atoms with van der Waals surface area (Å²) >= 11 is 0. The minimum Gasteiger partial charge on any atom is -0.351 e. The Labute approximate surface area is 161 Å². The topological polar surface area (TPSA) is 68.4 Å².